The molecule has 8 nitrogen and oxygen atoms in total. The number of terminal acetylenes is 1. The van der Waals surface area contributed by atoms with E-state index in [-0.39, 0.29) is 5.56 Å². The first kappa shape index (κ1) is 13.5. The van der Waals surface area contributed by atoms with Crippen LogP contribution >= 0.6 is 0 Å². The van der Waals surface area contributed by atoms with Gasteiger partial charge in [-0.25, -0.2) is 4.79 Å². The fourth-order valence-corrected chi connectivity index (χ4v) is 1.89. The van der Waals surface area contributed by atoms with E-state index in [0.717, 1.165) is 10.8 Å². The number of nitrogens with zero attached hydrogens (tertiary/aromatic N) is 1. The second-order valence-electron chi connectivity index (χ2n) is 4.08. The summed E-state index contributed by atoms with van der Waals surface area (Å²) in [4.78, 5) is 24.9. The van der Waals surface area contributed by atoms with Gasteiger partial charge < -0.3 is 20.1 Å². The Morgan fingerprint density at radius 3 is 2.63 bits per heavy atom. The summed E-state index contributed by atoms with van der Waals surface area (Å²) in [7, 11) is 0. The molecule has 1 aromatic rings. The molecule has 4 atom stereocenters. The number of aromatic amines is 1. The van der Waals surface area contributed by atoms with Crippen molar-refractivity contribution in [3.8, 4) is 12.3 Å². The van der Waals surface area contributed by atoms with Crippen molar-refractivity contribution in [3.63, 3.8) is 0 Å². The number of hydrogen-bond donors (Lipinski definition) is 4. The van der Waals surface area contributed by atoms with Crippen LogP contribution in [-0.4, -0.2) is 49.8 Å². The highest BCUT2D eigenvalue weighted by molar-refractivity contribution is 5.26. The van der Waals surface area contributed by atoms with E-state index in [1.54, 1.807) is 0 Å². The SMILES string of the molecule is C#Cc1cn([C@@H]2O[C@H](CO)[C@H](O)[C@H]2O)c(=O)[nH]c1=O. The molecule has 0 radical (unpaired) electrons. The molecular formula is C11H12N2O6. The van der Waals surface area contributed by atoms with Crippen molar-refractivity contribution < 1.29 is 20.1 Å². The summed E-state index contributed by atoms with van der Waals surface area (Å²) < 4.78 is 6.04. The van der Waals surface area contributed by atoms with E-state index in [4.69, 9.17) is 16.3 Å². The van der Waals surface area contributed by atoms with Gasteiger partial charge in [0.1, 0.15) is 23.9 Å². The van der Waals surface area contributed by atoms with Crippen molar-refractivity contribution >= 4 is 0 Å². The predicted molar refractivity (Wildman–Crippen MR) is 62.3 cm³/mol. The number of aliphatic hydroxyl groups is 3. The number of H-pyrrole nitrogens is 1. The molecule has 2 heterocycles. The van der Waals surface area contributed by atoms with Crippen LogP contribution in [0, 0.1) is 12.3 Å². The average molecular weight is 268 g/mol. The summed E-state index contributed by atoms with van der Waals surface area (Å²) in [5.41, 5.74) is -1.67. The molecule has 0 aromatic carbocycles. The maximum Gasteiger partial charge on any atom is 0.330 e. The Bertz CT molecular complexity index is 627. The van der Waals surface area contributed by atoms with Gasteiger partial charge >= 0.3 is 5.69 Å². The van der Waals surface area contributed by atoms with Crippen molar-refractivity contribution in [1.29, 1.82) is 0 Å². The van der Waals surface area contributed by atoms with E-state index in [2.05, 4.69) is 5.92 Å². The summed E-state index contributed by atoms with van der Waals surface area (Å²) in [6, 6.07) is 0. The Morgan fingerprint density at radius 1 is 1.42 bits per heavy atom. The molecule has 1 saturated heterocycles. The summed E-state index contributed by atoms with van der Waals surface area (Å²) in [6.45, 7) is -0.519. The van der Waals surface area contributed by atoms with Gasteiger partial charge in [0.25, 0.3) is 5.56 Å². The van der Waals surface area contributed by atoms with Crippen LogP contribution in [-0.2, 0) is 4.74 Å². The molecule has 0 spiro atoms. The van der Waals surface area contributed by atoms with Gasteiger partial charge in [-0.3, -0.25) is 14.3 Å². The third-order valence-corrected chi connectivity index (χ3v) is 2.91. The van der Waals surface area contributed by atoms with Crippen LogP contribution in [0.4, 0.5) is 0 Å². The van der Waals surface area contributed by atoms with E-state index in [9.17, 15) is 19.8 Å². The van der Waals surface area contributed by atoms with Crippen molar-refractivity contribution in [2.24, 2.45) is 0 Å². The zero-order valence-corrected chi connectivity index (χ0v) is 9.68. The number of hydrogen-bond acceptors (Lipinski definition) is 6. The van der Waals surface area contributed by atoms with Gasteiger partial charge in [-0.1, -0.05) is 5.92 Å². The Hall–Kier alpha value is -1.92. The number of rotatable bonds is 2. The zero-order chi connectivity index (χ0) is 14.2. The van der Waals surface area contributed by atoms with Crippen LogP contribution in [0.1, 0.15) is 11.8 Å². The second kappa shape index (κ2) is 4.99. The van der Waals surface area contributed by atoms with Gasteiger partial charge in [0, 0.05) is 6.20 Å². The fraction of sp³-hybridized carbons (Fsp3) is 0.455. The largest absolute Gasteiger partial charge is 0.394 e. The Balaban J connectivity index is 2.46. The molecule has 102 valence electrons. The normalized spacial score (nSPS) is 30.2. The van der Waals surface area contributed by atoms with Crippen LogP contribution in [0.25, 0.3) is 0 Å². The fourth-order valence-electron chi connectivity index (χ4n) is 1.89. The monoisotopic (exact) mass is 268 g/mol. The molecule has 0 unspecified atom stereocenters. The second-order valence-corrected chi connectivity index (χ2v) is 4.08. The smallest absolute Gasteiger partial charge is 0.330 e. The van der Waals surface area contributed by atoms with E-state index in [0.29, 0.717) is 0 Å². The molecule has 2 rings (SSSR count). The highest BCUT2D eigenvalue weighted by atomic mass is 16.6. The lowest BCUT2D eigenvalue weighted by atomic mass is 10.1. The van der Waals surface area contributed by atoms with Crippen LogP contribution in [0.15, 0.2) is 15.8 Å². The molecular weight excluding hydrogens is 256 g/mol. The summed E-state index contributed by atoms with van der Waals surface area (Å²) in [6.07, 6.45) is 1.14. The van der Waals surface area contributed by atoms with Crippen molar-refractivity contribution in [3.05, 3.63) is 32.6 Å². The van der Waals surface area contributed by atoms with Crippen molar-refractivity contribution in [1.82, 2.24) is 9.55 Å². The quantitative estimate of drug-likeness (QED) is 0.427. The molecule has 0 amide bonds. The standard InChI is InChI=1S/C11H12N2O6/c1-2-5-3-13(11(18)12-9(5)17)10-8(16)7(15)6(4-14)19-10/h1,3,6-8,10,14-16H,4H2,(H,12,17,18)/t6-,7+,8-,10-/m1/s1. The maximum absolute atomic E-state index is 11.6. The highest BCUT2D eigenvalue weighted by Gasteiger charge is 2.43. The number of aliphatic hydroxyl groups excluding tert-OH is 3. The lowest BCUT2D eigenvalue weighted by Gasteiger charge is -2.17. The maximum atomic E-state index is 11.6. The third-order valence-electron chi connectivity index (χ3n) is 2.91. The van der Waals surface area contributed by atoms with Gasteiger partial charge in [0.15, 0.2) is 6.23 Å². The Morgan fingerprint density at radius 2 is 2.11 bits per heavy atom. The molecule has 1 aliphatic heterocycles. The molecule has 4 N–H and O–H groups in total. The molecule has 0 bridgehead atoms. The van der Waals surface area contributed by atoms with E-state index in [1.807, 2.05) is 4.98 Å². The summed E-state index contributed by atoms with van der Waals surface area (Å²) in [5, 5.41) is 28.3. The highest BCUT2D eigenvalue weighted by Crippen LogP contribution is 2.27. The predicted octanol–water partition coefficient (Wildman–Crippen LogP) is -2.87. The van der Waals surface area contributed by atoms with Crippen LogP contribution < -0.4 is 11.2 Å². The lowest BCUT2D eigenvalue weighted by molar-refractivity contribution is -0.0550. The first-order chi connectivity index (χ1) is 8.99. The molecule has 1 aromatic heterocycles. The molecule has 0 saturated carbocycles. The number of aromatic nitrogens is 2. The van der Waals surface area contributed by atoms with Crippen molar-refractivity contribution in [2.75, 3.05) is 6.61 Å². The first-order valence-corrected chi connectivity index (χ1v) is 5.44. The minimum atomic E-state index is -1.42. The van der Waals surface area contributed by atoms with Crippen LogP contribution in [0.5, 0.6) is 0 Å². The summed E-state index contributed by atoms with van der Waals surface area (Å²) >= 11 is 0. The minimum Gasteiger partial charge on any atom is -0.394 e. The number of ether oxygens (including phenoxy) is 1. The minimum absolute atomic E-state index is 0.114. The molecule has 1 aliphatic rings. The van der Waals surface area contributed by atoms with Gasteiger partial charge in [-0.05, 0) is 0 Å². The number of nitrogens with one attached hydrogen (secondary N) is 1. The van der Waals surface area contributed by atoms with E-state index in [1.165, 1.54) is 0 Å². The first-order valence-electron chi connectivity index (χ1n) is 5.44. The van der Waals surface area contributed by atoms with Gasteiger partial charge in [-0.2, -0.15) is 0 Å². The van der Waals surface area contributed by atoms with Gasteiger partial charge in [0.05, 0.1) is 6.61 Å². The lowest BCUT2D eigenvalue weighted by Crippen LogP contribution is -2.38. The Kier molecular flexibility index (Phi) is 3.55. The van der Waals surface area contributed by atoms with Crippen LogP contribution in [0.2, 0.25) is 0 Å². The molecule has 8 heteroatoms. The topological polar surface area (TPSA) is 125 Å². The average Bonchev–Trinajstić information content (AvgIpc) is 2.67. The Labute approximate surface area is 106 Å². The molecule has 0 aliphatic carbocycles. The van der Waals surface area contributed by atoms with Gasteiger partial charge in [-0.15, -0.1) is 6.42 Å². The third kappa shape index (κ3) is 2.20. The zero-order valence-electron chi connectivity index (χ0n) is 9.68. The molecule has 19 heavy (non-hydrogen) atoms. The van der Waals surface area contributed by atoms with Crippen LogP contribution in [0.3, 0.4) is 0 Å². The van der Waals surface area contributed by atoms with Crippen molar-refractivity contribution in [2.45, 2.75) is 24.5 Å². The van der Waals surface area contributed by atoms with E-state index >= 15 is 0 Å². The molecule has 1 fully saturated rings. The van der Waals surface area contributed by atoms with E-state index < -0.39 is 42.4 Å². The summed E-state index contributed by atoms with van der Waals surface area (Å²) in [5.74, 6) is 2.09. The van der Waals surface area contributed by atoms with Gasteiger partial charge in [0.2, 0.25) is 0 Å².